The Bertz CT molecular complexity index is 2170. The second-order valence-electron chi connectivity index (χ2n) is 11.7. The summed E-state index contributed by atoms with van der Waals surface area (Å²) in [5, 5.41) is 19.0. The van der Waals surface area contributed by atoms with Crippen molar-refractivity contribution in [2.45, 2.75) is 6.18 Å². The van der Waals surface area contributed by atoms with Crippen molar-refractivity contribution >= 4 is 37.1 Å². The van der Waals surface area contributed by atoms with Gasteiger partial charge in [-0.15, -0.1) is 0 Å². The van der Waals surface area contributed by atoms with E-state index in [9.17, 15) is 17.6 Å². The number of hydrogen-bond donors (Lipinski definition) is 0. The summed E-state index contributed by atoms with van der Waals surface area (Å²) in [6, 6.07) is 56.1. The molecule has 0 N–H and O–H groups in total. The number of pyridine rings is 2. The Morgan fingerprint density at radius 3 is 1.12 bits per heavy atom. The van der Waals surface area contributed by atoms with Crippen LogP contribution in [0.25, 0.3) is 22.8 Å². The Balaban J connectivity index is 0.000000179. The van der Waals surface area contributed by atoms with E-state index in [1.807, 2.05) is 6.07 Å². The largest absolute Gasteiger partial charge is 2.00 e. The molecule has 0 amide bonds. The topological polar surface area (TPSA) is 79.8 Å². The monoisotopic (exact) mass is 964 g/mol. The molecule has 0 atom stereocenters. The SMILES string of the molecule is C(=C/[PH+](c1ccccc1)c1ccccc1)/[PH+](c1ccccc1)c1ccccc1.FC(F)(F)c1cc(-c2ccccn2)[n-]n1.Fc1cc(-c2ccccn2)[n-]n1.[Os+2]. The van der Waals surface area contributed by atoms with E-state index in [2.05, 4.69) is 163 Å². The molecular formula is C43H34F4N6OsP2+2. The first-order valence-corrected chi connectivity index (χ1v) is 20.2. The van der Waals surface area contributed by atoms with Gasteiger partial charge in [0.1, 0.15) is 38.5 Å². The zero-order valence-electron chi connectivity index (χ0n) is 29.5. The predicted octanol–water partition coefficient (Wildman–Crippen LogP) is 8.55. The maximum atomic E-state index is 12.4. The molecule has 0 fully saturated rings. The Labute approximate surface area is 337 Å². The van der Waals surface area contributed by atoms with Gasteiger partial charge in [-0.05, 0) is 84.9 Å². The van der Waals surface area contributed by atoms with Gasteiger partial charge in [0.05, 0.1) is 15.8 Å². The quantitative estimate of drug-likeness (QED) is 0.112. The van der Waals surface area contributed by atoms with Crippen LogP contribution in [0.15, 0.2) is 194 Å². The van der Waals surface area contributed by atoms with Gasteiger partial charge in [-0.1, -0.05) is 96.3 Å². The number of halogens is 4. The van der Waals surface area contributed by atoms with Crippen LogP contribution in [0.1, 0.15) is 5.69 Å². The summed E-state index contributed by atoms with van der Waals surface area (Å²) in [5.74, 6) is 4.43. The minimum atomic E-state index is -4.46. The van der Waals surface area contributed by atoms with Gasteiger partial charge >= 0.3 is 26.0 Å². The zero-order chi connectivity index (χ0) is 38.3. The predicted molar refractivity (Wildman–Crippen MR) is 217 cm³/mol. The van der Waals surface area contributed by atoms with Gasteiger partial charge in [0.2, 0.25) is 0 Å². The molecule has 0 aliphatic rings. The molecule has 0 spiro atoms. The van der Waals surface area contributed by atoms with Crippen LogP contribution in [-0.2, 0) is 26.0 Å². The molecule has 4 heterocycles. The fourth-order valence-electron chi connectivity index (χ4n) is 5.34. The first-order chi connectivity index (χ1) is 26.8. The third-order valence-corrected chi connectivity index (χ3v) is 13.1. The van der Waals surface area contributed by atoms with E-state index in [0.29, 0.717) is 17.1 Å². The number of aromatic nitrogens is 6. The Kier molecular flexibility index (Phi) is 15.7. The minimum Gasteiger partial charge on any atom is -0.573 e. The van der Waals surface area contributed by atoms with Crippen LogP contribution < -0.4 is 31.4 Å². The third-order valence-electron chi connectivity index (χ3n) is 7.95. The maximum absolute atomic E-state index is 12.4. The molecule has 0 aliphatic carbocycles. The van der Waals surface area contributed by atoms with Crippen molar-refractivity contribution in [3.8, 4) is 22.8 Å². The molecule has 0 unspecified atom stereocenters. The van der Waals surface area contributed by atoms with Crippen LogP contribution in [-0.4, -0.2) is 20.2 Å². The van der Waals surface area contributed by atoms with Gasteiger partial charge < -0.3 is 20.4 Å². The number of benzene rings is 4. The second-order valence-corrected chi connectivity index (χ2v) is 16.4. The molecule has 0 bridgehead atoms. The molecule has 4 aromatic heterocycles. The van der Waals surface area contributed by atoms with E-state index in [1.54, 1.807) is 36.5 Å². The summed E-state index contributed by atoms with van der Waals surface area (Å²) in [6.45, 7) is 0. The van der Waals surface area contributed by atoms with Crippen molar-refractivity contribution in [1.29, 1.82) is 0 Å². The van der Waals surface area contributed by atoms with Crippen molar-refractivity contribution in [1.82, 2.24) is 30.4 Å². The van der Waals surface area contributed by atoms with Crippen molar-refractivity contribution < 1.29 is 37.4 Å². The molecule has 0 aliphatic heterocycles. The maximum Gasteiger partial charge on any atom is 2.00 e. The zero-order valence-corrected chi connectivity index (χ0v) is 34.1. The smallest absolute Gasteiger partial charge is 0.573 e. The van der Waals surface area contributed by atoms with E-state index in [1.165, 1.54) is 33.5 Å². The molecular weight excluding hydrogens is 929 g/mol. The number of hydrogen-bond acceptors (Lipinski definition) is 4. The van der Waals surface area contributed by atoms with Crippen LogP contribution in [0.2, 0.25) is 0 Å². The number of alkyl halides is 3. The Morgan fingerprint density at radius 1 is 0.464 bits per heavy atom. The first-order valence-electron chi connectivity index (χ1n) is 17.0. The van der Waals surface area contributed by atoms with Crippen molar-refractivity contribution in [3.63, 3.8) is 0 Å². The average molecular weight is 963 g/mol. The average Bonchev–Trinajstić information content (AvgIpc) is 3.93. The fraction of sp³-hybridized carbons (Fsp3) is 0.0233. The summed E-state index contributed by atoms with van der Waals surface area (Å²) in [7, 11) is -1.93. The standard InChI is InChI=1S/C26H22P2.C9H5F3N3.C8H5FN3.Os/c1-5-13-23(14-6-1)27(24-15-7-2-8-16-24)21-22-28(25-17-9-3-10-18-25)26-19-11-4-12-20-26;10-9(11,12)8-5-7(14-15-8)6-3-1-2-4-13-6;9-8-5-7(11-12-8)6-3-1-2-4-10-6;/h1-22H;1-5H;1-5H;/q;2*-1;+2/p+2/b22-21-;;;. The van der Waals surface area contributed by atoms with Gasteiger partial charge in [0, 0.05) is 23.8 Å². The van der Waals surface area contributed by atoms with Crippen LogP contribution in [0.3, 0.4) is 0 Å². The molecule has 56 heavy (non-hydrogen) atoms. The molecule has 8 aromatic rings. The summed E-state index contributed by atoms with van der Waals surface area (Å²) in [4.78, 5) is 7.87. The van der Waals surface area contributed by atoms with Crippen LogP contribution >= 0.6 is 15.8 Å². The number of nitrogens with zero attached hydrogens (tertiary/aromatic N) is 6. The van der Waals surface area contributed by atoms with Gasteiger partial charge in [-0.25, -0.2) is 0 Å². The van der Waals surface area contributed by atoms with Gasteiger partial charge in [0.25, 0.3) is 0 Å². The molecule has 6 nitrogen and oxygen atoms in total. The molecule has 8 rings (SSSR count). The van der Waals surface area contributed by atoms with E-state index in [0.717, 1.165) is 6.07 Å². The fourth-order valence-corrected chi connectivity index (χ4v) is 10.3. The van der Waals surface area contributed by atoms with Crippen LogP contribution in [0, 0.1) is 5.95 Å². The van der Waals surface area contributed by atoms with E-state index >= 15 is 0 Å². The molecule has 4 aromatic carbocycles. The van der Waals surface area contributed by atoms with Gasteiger partial charge in [0.15, 0.2) is 5.95 Å². The van der Waals surface area contributed by atoms with Crippen molar-refractivity contribution in [2.75, 3.05) is 0 Å². The van der Waals surface area contributed by atoms with Gasteiger partial charge in [-0.3, -0.25) is 9.97 Å². The summed E-state index contributed by atoms with van der Waals surface area (Å²) < 4.78 is 49.0. The van der Waals surface area contributed by atoms with Crippen molar-refractivity contribution in [3.05, 3.63) is 206 Å². The van der Waals surface area contributed by atoms with Crippen LogP contribution in [0.5, 0.6) is 0 Å². The van der Waals surface area contributed by atoms with Crippen LogP contribution in [0.4, 0.5) is 17.6 Å². The first kappa shape index (κ1) is 41.7. The molecule has 0 saturated heterocycles. The molecule has 13 heteroatoms. The molecule has 0 saturated carbocycles. The minimum absolute atomic E-state index is 0. The Hall–Kier alpha value is -5.44. The van der Waals surface area contributed by atoms with Crippen molar-refractivity contribution in [2.24, 2.45) is 0 Å². The number of rotatable bonds is 8. The third kappa shape index (κ3) is 12.0. The van der Waals surface area contributed by atoms with Gasteiger partial charge in [-0.2, -0.15) is 17.6 Å². The normalized spacial score (nSPS) is 11.0. The molecule has 0 radical (unpaired) electrons. The summed E-state index contributed by atoms with van der Waals surface area (Å²) in [6.07, 6.45) is -1.35. The van der Waals surface area contributed by atoms with E-state index in [-0.39, 0.29) is 25.5 Å². The molecule has 280 valence electrons. The van der Waals surface area contributed by atoms with E-state index in [4.69, 9.17) is 0 Å². The Morgan fingerprint density at radius 2 is 0.821 bits per heavy atom. The summed E-state index contributed by atoms with van der Waals surface area (Å²) in [5.41, 5.74) is 0.605. The summed E-state index contributed by atoms with van der Waals surface area (Å²) >= 11 is 0. The van der Waals surface area contributed by atoms with E-state index < -0.39 is 33.7 Å². The second kappa shape index (κ2) is 21.0.